The van der Waals surface area contributed by atoms with Crippen LogP contribution in [0.4, 0.5) is 0 Å². The summed E-state index contributed by atoms with van der Waals surface area (Å²) >= 11 is 0. The molecule has 0 spiro atoms. The van der Waals surface area contributed by atoms with Crippen LogP contribution in [-0.2, 0) is 28.0 Å². The van der Waals surface area contributed by atoms with Gasteiger partial charge in [0.25, 0.3) is 5.56 Å². The molecule has 190 valence electrons. The number of carbonyl (C=O) groups excluding carboxylic acids is 1. The second kappa shape index (κ2) is 12.8. The van der Waals surface area contributed by atoms with E-state index in [1.54, 1.807) is 44.2 Å². The van der Waals surface area contributed by atoms with Gasteiger partial charge in [0, 0.05) is 18.9 Å². The third kappa shape index (κ3) is 6.87. The summed E-state index contributed by atoms with van der Waals surface area (Å²) in [6.45, 7) is 3.87. The van der Waals surface area contributed by atoms with Crippen molar-refractivity contribution in [3.05, 3.63) is 80.4 Å². The van der Waals surface area contributed by atoms with Crippen molar-refractivity contribution in [1.82, 2.24) is 9.55 Å². The molecular weight excluding hydrogens is 479 g/mol. The van der Waals surface area contributed by atoms with Gasteiger partial charge in [-0.15, -0.1) is 0 Å². The van der Waals surface area contributed by atoms with E-state index < -0.39 is 49.8 Å². The lowest BCUT2D eigenvalue weighted by atomic mass is 10.1. The predicted octanol–water partition coefficient (Wildman–Crippen LogP) is 2.02. The fraction of sp³-hybridized carbons (Fsp3) is 0.435. The second-order valence-corrected chi connectivity index (χ2v) is 8.91. The number of ether oxygens (including phenoxy) is 4. The van der Waals surface area contributed by atoms with Crippen molar-refractivity contribution in [1.29, 1.82) is 0 Å². The first-order chi connectivity index (χ1) is 16.8. The molecule has 0 radical (unpaired) electrons. The maximum atomic E-state index is 12.9. The highest BCUT2D eigenvalue weighted by atomic mass is 31.1. The van der Waals surface area contributed by atoms with Gasteiger partial charge < -0.3 is 23.5 Å². The van der Waals surface area contributed by atoms with Crippen molar-refractivity contribution < 1.29 is 32.8 Å². The topological polar surface area (TPSA) is 135 Å². The average Bonchev–Trinajstić information content (AvgIpc) is 3.17. The van der Waals surface area contributed by atoms with Gasteiger partial charge in [-0.2, -0.15) is 0 Å². The Labute approximate surface area is 202 Å². The van der Waals surface area contributed by atoms with Gasteiger partial charge in [-0.05, 0) is 37.9 Å². The van der Waals surface area contributed by atoms with Crippen LogP contribution >= 0.6 is 8.03 Å². The van der Waals surface area contributed by atoms with Crippen LogP contribution in [0, 0.1) is 6.92 Å². The second-order valence-electron chi connectivity index (χ2n) is 7.65. The zero-order valence-electron chi connectivity index (χ0n) is 19.7. The Bertz CT molecular complexity index is 1160. The fourth-order valence-corrected chi connectivity index (χ4v) is 4.25. The maximum absolute atomic E-state index is 12.9. The van der Waals surface area contributed by atoms with E-state index in [2.05, 4.69) is 4.98 Å². The highest BCUT2D eigenvalue weighted by molar-refractivity contribution is 7.42. The van der Waals surface area contributed by atoms with Crippen LogP contribution in [0.2, 0.25) is 0 Å². The molecule has 1 aliphatic rings. The lowest BCUT2D eigenvalue weighted by Gasteiger charge is -2.25. The zero-order chi connectivity index (χ0) is 25.4. The molecule has 2 heterocycles. The van der Waals surface area contributed by atoms with E-state index >= 15 is 0 Å². The van der Waals surface area contributed by atoms with Gasteiger partial charge in [-0.1, -0.05) is 18.2 Å². The van der Waals surface area contributed by atoms with Crippen LogP contribution in [0.5, 0.6) is 0 Å². The van der Waals surface area contributed by atoms with Crippen LogP contribution in [-0.4, -0.2) is 60.8 Å². The van der Waals surface area contributed by atoms with Crippen LogP contribution < -0.4 is 11.2 Å². The number of carbonyl (C=O) groups is 1. The Morgan fingerprint density at radius 3 is 2.63 bits per heavy atom. The molecule has 0 aliphatic carbocycles. The SMILES string of the molecule is CCO[PH](=O)/C=C/[C@H]1O[C@@H](n2cc(C)c(=O)[nH]c2=O)[C@H](OCCOC)[C@@H]1OC(=O)c1ccccc1. The zero-order valence-corrected chi connectivity index (χ0v) is 20.7. The van der Waals surface area contributed by atoms with Gasteiger partial charge in [-0.3, -0.25) is 18.9 Å². The molecule has 5 atom stereocenters. The molecule has 1 aliphatic heterocycles. The molecule has 0 amide bonds. The van der Waals surface area contributed by atoms with E-state index in [1.807, 2.05) is 0 Å². The van der Waals surface area contributed by atoms with E-state index in [-0.39, 0.29) is 25.4 Å². The number of benzene rings is 1. The number of aromatic amines is 1. The number of nitrogens with zero attached hydrogens (tertiary/aromatic N) is 1. The molecule has 1 N–H and O–H groups in total. The van der Waals surface area contributed by atoms with Gasteiger partial charge in [0.15, 0.2) is 12.3 Å². The molecular formula is C23H29N2O9P. The minimum absolute atomic E-state index is 0.115. The third-order valence-electron chi connectivity index (χ3n) is 5.20. The highest BCUT2D eigenvalue weighted by Gasteiger charge is 2.48. The molecule has 11 nitrogen and oxygen atoms in total. The van der Waals surface area contributed by atoms with E-state index in [0.29, 0.717) is 5.56 Å². The number of methoxy groups -OCH3 is 1. The largest absolute Gasteiger partial charge is 0.453 e. The molecule has 0 bridgehead atoms. The minimum atomic E-state index is -2.50. The first kappa shape index (κ1) is 26.8. The summed E-state index contributed by atoms with van der Waals surface area (Å²) in [6, 6.07) is 8.37. The molecule has 3 rings (SSSR count). The van der Waals surface area contributed by atoms with Gasteiger partial charge in [0.1, 0.15) is 12.2 Å². The lowest BCUT2D eigenvalue weighted by molar-refractivity contribution is -0.0812. The summed E-state index contributed by atoms with van der Waals surface area (Å²) in [5.41, 5.74) is -0.650. The van der Waals surface area contributed by atoms with Gasteiger partial charge in [0.2, 0.25) is 8.03 Å². The van der Waals surface area contributed by atoms with Crippen LogP contribution in [0.1, 0.15) is 29.1 Å². The minimum Gasteiger partial charge on any atom is -0.453 e. The van der Waals surface area contributed by atoms with E-state index in [9.17, 15) is 18.9 Å². The summed E-state index contributed by atoms with van der Waals surface area (Å²) in [5, 5.41) is 0. The summed E-state index contributed by atoms with van der Waals surface area (Å²) < 4.78 is 41.3. The monoisotopic (exact) mass is 508 g/mol. The lowest BCUT2D eigenvalue weighted by Crippen LogP contribution is -2.41. The number of aromatic nitrogens is 2. The van der Waals surface area contributed by atoms with Crippen molar-refractivity contribution in [3.8, 4) is 0 Å². The summed E-state index contributed by atoms with van der Waals surface area (Å²) in [5.74, 6) is 0.721. The average molecular weight is 508 g/mol. The summed E-state index contributed by atoms with van der Waals surface area (Å²) in [4.78, 5) is 39.6. The molecule has 1 aromatic carbocycles. The maximum Gasteiger partial charge on any atom is 0.338 e. The Balaban J connectivity index is 2.00. The Hall–Kier alpha value is -2.82. The Morgan fingerprint density at radius 2 is 1.94 bits per heavy atom. The van der Waals surface area contributed by atoms with Crippen LogP contribution in [0.15, 0.2) is 58.0 Å². The molecule has 1 saturated heterocycles. The molecule has 2 aromatic rings. The van der Waals surface area contributed by atoms with Gasteiger partial charge >= 0.3 is 11.7 Å². The molecule has 1 unspecified atom stereocenters. The predicted molar refractivity (Wildman–Crippen MR) is 127 cm³/mol. The number of aryl methyl sites for hydroxylation is 1. The van der Waals surface area contributed by atoms with Crippen LogP contribution in [0.3, 0.4) is 0 Å². The van der Waals surface area contributed by atoms with Crippen molar-refractivity contribution in [2.75, 3.05) is 26.9 Å². The van der Waals surface area contributed by atoms with Crippen molar-refractivity contribution in [2.24, 2.45) is 0 Å². The molecule has 1 fully saturated rings. The number of H-pyrrole nitrogens is 1. The van der Waals surface area contributed by atoms with Crippen molar-refractivity contribution >= 4 is 14.0 Å². The summed E-state index contributed by atoms with van der Waals surface area (Å²) in [7, 11) is -0.992. The number of esters is 1. The summed E-state index contributed by atoms with van der Waals surface area (Å²) in [6.07, 6.45) is -1.14. The van der Waals surface area contributed by atoms with E-state index in [0.717, 1.165) is 0 Å². The number of hydrogen-bond acceptors (Lipinski definition) is 9. The normalized spacial score (nSPS) is 22.9. The van der Waals surface area contributed by atoms with E-state index in [4.69, 9.17) is 23.5 Å². The first-order valence-corrected chi connectivity index (χ1v) is 12.4. The number of nitrogens with one attached hydrogen (secondary N) is 1. The molecule has 1 aromatic heterocycles. The molecule has 0 saturated carbocycles. The standard InChI is InChI=1S/C23H29N2O9P/c1-4-32-35(29)13-10-17-18(34-22(27)16-8-6-5-7-9-16)19(31-12-11-30-3)21(33-17)25-14-15(2)20(26)24-23(25)28/h5-10,13-14,17-19,21,35H,4,11-12H2,1-3H3,(H,24,26,28)/b13-10+/t17-,18-,19-,21-/m1/s1. The van der Waals surface area contributed by atoms with E-state index in [1.165, 1.54) is 29.8 Å². The first-order valence-electron chi connectivity index (χ1n) is 11.0. The van der Waals surface area contributed by atoms with Gasteiger partial charge in [-0.25, -0.2) is 9.59 Å². The van der Waals surface area contributed by atoms with Crippen molar-refractivity contribution in [2.45, 2.75) is 38.4 Å². The third-order valence-corrected chi connectivity index (χ3v) is 6.24. The number of rotatable bonds is 11. The Kier molecular flexibility index (Phi) is 9.76. The van der Waals surface area contributed by atoms with Crippen molar-refractivity contribution in [3.63, 3.8) is 0 Å². The quantitative estimate of drug-likeness (QED) is 0.275. The molecule has 35 heavy (non-hydrogen) atoms. The smallest absolute Gasteiger partial charge is 0.338 e. The number of hydrogen-bond donors (Lipinski definition) is 1. The highest BCUT2D eigenvalue weighted by Crippen LogP contribution is 2.36. The van der Waals surface area contributed by atoms with Crippen LogP contribution in [0.25, 0.3) is 0 Å². The fourth-order valence-electron chi connectivity index (χ4n) is 3.53. The Morgan fingerprint density at radius 1 is 1.20 bits per heavy atom. The van der Waals surface area contributed by atoms with Gasteiger partial charge in [0.05, 0.1) is 25.4 Å². The molecule has 12 heteroatoms.